The number of benzene rings is 7. The molecule has 568 valence electrons. The molecule has 4 bridgehead atoms. The van der Waals surface area contributed by atoms with Gasteiger partial charge in [0, 0.05) is 171 Å². The normalized spacial score (nSPS) is 15.4. The van der Waals surface area contributed by atoms with Crippen LogP contribution in [0.3, 0.4) is 0 Å². The zero-order chi connectivity index (χ0) is 76.5. The molecule has 34 heteroatoms. The summed E-state index contributed by atoms with van der Waals surface area (Å²) >= 11 is 16.9. The molecule has 4 unspecified atom stereocenters. The summed E-state index contributed by atoms with van der Waals surface area (Å²) in [5, 5.41) is 35.8. The van der Waals surface area contributed by atoms with E-state index in [2.05, 4.69) is 119 Å². The van der Waals surface area contributed by atoms with E-state index in [-0.39, 0.29) is 144 Å². The topological polar surface area (TPSA) is 353 Å². The Balaban J connectivity index is 0.000000281. The predicted octanol–water partition coefficient (Wildman–Crippen LogP) is 10.4. The fraction of sp³-hybridized carbons (Fsp3) is 0.303. The van der Waals surface area contributed by atoms with Crippen LogP contribution in [-0.2, 0) is 118 Å². The maximum Gasteiger partial charge on any atom is 1.00 e. The van der Waals surface area contributed by atoms with E-state index in [1.807, 2.05) is 102 Å². The Morgan fingerprint density at radius 2 is 1.12 bits per heavy atom. The van der Waals surface area contributed by atoms with Crippen molar-refractivity contribution < 1.29 is 119 Å². The molecule has 5 aromatic carbocycles. The van der Waals surface area contributed by atoms with Crippen molar-refractivity contribution in [3.63, 3.8) is 0 Å². The molecule has 4 saturated heterocycles. The van der Waals surface area contributed by atoms with Gasteiger partial charge in [-0.2, -0.15) is 24.2 Å². The molecule has 7 heterocycles. The molecule has 110 heavy (non-hydrogen) atoms. The van der Waals surface area contributed by atoms with Gasteiger partial charge in [0.15, 0.2) is 10.9 Å². The molecule has 4 atom stereocenters. The molecule has 1 aromatic heterocycles. The number of aryl methyl sites for hydroxylation is 2. The van der Waals surface area contributed by atoms with Crippen molar-refractivity contribution in [2.24, 2.45) is 15.4 Å². The summed E-state index contributed by atoms with van der Waals surface area (Å²) in [6.45, 7) is 6.00. The van der Waals surface area contributed by atoms with Crippen molar-refractivity contribution in [1.82, 2.24) is 25.1 Å². The summed E-state index contributed by atoms with van der Waals surface area (Å²) in [7, 11) is 3.26. The van der Waals surface area contributed by atoms with Gasteiger partial charge < -0.3 is 43.5 Å². The van der Waals surface area contributed by atoms with E-state index in [0.29, 0.717) is 58.6 Å². The molecule has 0 saturated carbocycles. The monoisotopic (exact) mass is 1650 g/mol. The van der Waals surface area contributed by atoms with Gasteiger partial charge in [-0.05, 0) is 128 Å². The number of carbonyl (C=O) groups excluding carboxylic acids is 5. The fourth-order valence-corrected chi connectivity index (χ4v) is 12.8. The van der Waals surface area contributed by atoms with E-state index in [1.54, 1.807) is 28.9 Å². The number of terminal acetylenes is 1. The summed E-state index contributed by atoms with van der Waals surface area (Å²) in [5.74, 6) is 4.48. The van der Waals surface area contributed by atoms with Gasteiger partial charge in [-0.25, -0.2) is 9.48 Å². The summed E-state index contributed by atoms with van der Waals surface area (Å²) in [4.78, 5) is 88.0. The Labute approximate surface area is 704 Å². The molecular weight excluding hydrogens is 1570 g/mol. The van der Waals surface area contributed by atoms with Crippen LogP contribution in [0, 0.1) is 26.2 Å². The van der Waals surface area contributed by atoms with Gasteiger partial charge in [0.05, 0.1) is 48.4 Å². The number of carbonyl (C=O) groups is 1. The Morgan fingerprint density at radius 1 is 0.655 bits per heavy atom. The van der Waals surface area contributed by atoms with Gasteiger partial charge >= 0.3 is 69.7 Å². The van der Waals surface area contributed by atoms with Gasteiger partial charge in [0.2, 0.25) is 0 Å². The van der Waals surface area contributed by atoms with E-state index in [1.165, 1.54) is 35.0 Å². The van der Waals surface area contributed by atoms with Gasteiger partial charge in [-0.3, -0.25) is 9.59 Å². The van der Waals surface area contributed by atoms with Crippen molar-refractivity contribution in [2.75, 3.05) is 26.4 Å². The van der Waals surface area contributed by atoms with E-state index < -0.39 is 0 Å². The van der Waals surface area contributed by atoms with Crippen LogP contribution >= 0.6 is 0 Å². The molecule has 6 aromatic rings. The summed E-state index contributed by atoms with van der Waals surface area (Å²) in [6.07, 6.45) is 16.8. The second-order valence-electron chi connectivity index (χ2n) is 24.1. The van der Waals surface area contributed by atoms with Gasteiger partial charge in [-0.15, -0.1) is 16.6 Å². The van der Waals surface area contributed by atoms with Crippen molar-refractivity contribution in [3.05, 3.63) is 211 Å². The van der Waals surface area contributed by atoms with Crippen LogP contribution in [0.15, 0.2) is 192 Å². The molecular formula is C76H75KN10O16S7. The Kier molecular flexibility index (Phi) is 40.8. The van der Waals surface area contributed by atoms with Crippen molar-refractivity contribution in [2.45, 2.75) is 123 Å². The van der Waals surface area contributed by atoms with E-state index >= 15 is 0 Å². The minimum atomic E-state index is -0.316. The van der Waals surface area contributed by atoms with Crippen molar-refractivity contribution >= 4 is 123 Å². The van der Waals surface area contributed by atoms with Crippen molar-refractivity contribution in [3.8, 4) is 68.7 Å². The van der Waals surface area contributed by atoms with Gasteiger partial charge in [0.25, 0.3) is 0 Å². The van der Waals surface area contributed by atoms with Crippen LogP contribution in [0.2, 0.25) is 0 Å². The quantitative estimate of drug-likeness (QED) is 0.0129. The maximum atomic E-state index is 12.3. The van der Waals surface area contributed by atoms with Gasteiger partial charge in [-0.1, -0.05) is 114 Å². The van der Waals surface area contributed by atoms with E-state index in [4.69, 9.17) is 64.0 Å². The molecule has 0 amide bonds. The minimum Gasteiger partial charge on any atom is -0.870 e. The average Bonchev–Trinajstić information content (AvgIpc) is 0.953. The average molecular weight is 1650 g/mol. The second-order valence-corrected chi connectivity index (χ2v) is 29.4. The largest absolute Gasteiger partial charge is 1.00 e. The summed E-state index contributed by atoms with van der Waals surface area (Å²) in [6, 6.07) is 47.3. The van der Waals surface area contributed by atoms with E-state index in [0.717, 1.165) is 140 Å². The number of azide groups is 1. The Bertz CT molecular complexity index is 5060. The number of ether oxygens (including phenoxy) is 2. The first-order valence-corrected chi connectivity index (χ1v) is 39.9. The molecule has 2 N–H and O–H groups in total. The third-order valence-electron chi connectivity index (χ3n) is 17.3. The zero-order valence-electron chi connectivity index (χ0n) is 59.2. The SMILES string of the molecule is C.C#CCOc1ccc2c(-c3ccccc3C)c3ccc(=O)cc-3oc2c1.Cc1ccccc1-c1c2ccc(=O)cc-2oc2cc(OCc3cn(CCON=C4CC5CCCC(C4)N5O)nn3)ccc12.O=C=O.O=C=O.S=S=S.S=S=S=S.[K+].[N-]=[N+]=NCCON=C1CC2CCCC(C1)N2OC(=O)c1ccccc1.[OH-]. The number of fused-ring (bicyclic) bond motifs is 8. The number of oxime groups is 2. The van der Waals surface area contributed by atoms with Gasteiger partial charge in [0.1, 0.15) is 66.3 Å². The van der Waals surface area contributed by atoms with Crippen molar-refractivity contribution in [1.29, 1.82) is 0 Å². The summed E-state index contributed by atoms with van der Waals surface area (Å²) < 4.78 is 25.5. The molecule has 4 fully saturated rings. The number of aromatic nitrogens is 3. The number of hydrogen-bond donors (Lipinski definition) is 1. The Hall–Kier alpha value is -8.72. The first kappa shape index (κ1) is 91.9. The van der Waals surface area contributed by atoms with Crippen LogP contribution in [0.5, 0.6) is 11.5 Å². The molecule has 14 rings (SSSR count). The third-order valence-corrected chi connectivity index (χ3v) is 19.5. The van der Waals surface area contributed by atoms with Crippen LogP contribution in [-0.4, -0.2) is 116 Å². The molecule has 26 nitrogen and oxygen atoms in total. The number of rotatable bonds is 17. The molecule has 0 radical (unpaired) electrons. The summed E-state index contributed by atoms with van der Waals surface area (Å²) in [5.41, 5.74) is 20.9. The van der Waals surface area contributed by atoms with Crippen LogP contribution < -0.4 is 71.7 Å². The van der Waals surface area contributed by atoms with Crippen LogP contribution in [0.1, 0.15) is 98.8 Å². The van der Waals surface area contributed by atoms with Crippen LogP contribution in [0.25, 0.3) is 77.3 Å². The zero-order valence-corrected chi connectivity index (χ0v) is 68.0. The first-order valence-electron chi connectivity index (χ1n) is 33.2. The molecule has 0 spiro atoms. The third kappa shape index (κ3) is 26.5. The standard InChI is InChI=1S/C33H33N5O5.C23H16O3.C17H21N5O3.2CO2.CH4.K.H2O.S4.S3/c1-21-5-2-3-8-28(21)33-29-11-9-26(39)17-31(29)43-32-18-27(10-12-30(32)33)41-20-23-19-37(36-34-23)13-14-42-35-22-15-24-6-4-7-25(16-22)38(24)40;1-3-12-25-17-9-11-20-22(14-17)26-21-13-16(24)8-10-19(21)23(20)18-7-5-4-6-15(18)2;18-21-19-9-10-24-20-14-11-15-7-4-8-16(12-14)22(15)25-17(23)13-5-2-1-3-6-13;2*2-1-3;;;;1-3-4-2;1-3-2/h2-3,5,8-12,17-19,24-25,40H,4,6-7,13-16,20H2,1H3;1,4-11,13-14H,12H2,2H3;1-3,5-6,15-16H,4,7-12H2;;;1H4;;1H2;;/q;;;;;;+1;;;/p-1. The minimum absolute atomic E-state index is 0. The predicted molar refractivity (Wildman–Crippen MR) is 427 cm³/mol. The number of hydrogen-bond acceptors (Lipinski definition) is 27. The Morgan fingerprint density at radius 3 is 1.60 bits per heavy atom. The molecule has 8 aliphatic rings. The van der Waals surface area contributed by atoms with Crippen LogP contribution in [0.4, 0.5) is 0 Å². The fourth-order valence-electron chi connectivity index (χ4n) is 12.8. The smallest absolute Gasteiger partial charge is 0.870 e. The molecule has 6 aliphatic heterocycles. The number of nitrogens with zero attached hydrogens (tertiary/aromatic N) is 10. The first-order chi connectivity index (χ1) is 52.1. The molecule has 2 aliphatic carbocycles. The second kappa shape index (κ2) is 48.8. The van der Waals surface area contributed by atoms with E-state index in [9.17, 15) is 19.6 Å². The number of piperidine rings is 4. The number of hydroxylamine groups is 4. The maximum absolute atomic E-state index is 12.3.